The molecule has 1 aromatic heterocycles. The second-order valence-electron chi connectivity index (χ2n) is 5.36. The Labute approximate surface area is 137 Å². The Balaban J connectivity index is 1.76. The molecule has 0 aliphatic heterocycles. The first-order valence-electron chi connectivity index (χ1n) is 7.82. The molecular formula is C17H25N5O. The van der Waals surface area contributed by atoms with E-state index in [1.54, 1.807) is 7.11 Å². The van der Waals surface area contributed by atoms with Crippen LogP contribution in [-0.4, -0.2) is 29.2 Å². The number of nitrogens with zero attached hydrogens (tertiary/aromatic N) is 3. The molecule has 6 nitrogen and oxygen atoms in total. The summed E-state index contributed by atoms with van der Waals surface area (Å²) in [6.45, 7) is 4.22. The van der Waals surface area contributed by atoms with Gasteiger partial charge >= 0.3 is 0 Å². The third kappa shape index (κ3) is 5.41. The molecule has 1 aromatic carbocycles. The number of aliphatic imine (C=N–C) groups is 1. The van der Waals surface area contributed by atoms with Crippen molar-refractivity contribution in [2.24, 2.45) is 10.7 Å². The Morgan fingerprint density at radius 3 is 2.91 bits per heavy atom. The first kappa shape index (κ1) is 17.0. The van der Waals surface area contributed by atoms with Gasteiger partial charge in [-0.2, -0.15) is 0 Å². The van der Waals surface area contributed by atoms with Gasteiger partial charge in [-0.15, -0.1) is 0 Å². The van der Waals surface area contributed by atoms with Crippen molar-refractivity contribution in [1.29, 1.82) is 0 Å². The van der Waals surface area contributed by atoms with Crippen molar-refractivity contribution in [3.63, 3.8) is 0 Å². The smallest absolute Gasteiger partial charge is 0.193 e. The van der Waals surface area contributed by atoms with Gasteiger partial charge in [-0.3, -0.25) is 4.99 Å². The van der Waals surface area contributed by atoms with Crippen molar-refractivity contribution in [2.75, 3.05) is 19.0 Å². The molecule has 0 saturated heterocycles. The minimum Gasteiger partial charge on any atom is -0.380 e. The zero-order valence-corrected chi connectivity index (χ0v) is 13.8. The van der Waals surface area contributed by atoms with Crippen molar-refractivity contribution < 1.29 is 4.74 Å². The number of rotatable bonds is 8. The van der Waals surface area contributed by atoms with Gasteiger partial charge in [0, 0.05) is 43.8 Å². The van der Waals surface area contributed by atoms with Crippen molar-refractivity contribution in [1.82, 2.24) is 9.55 Å². The van der Waals surface area contributed by atoms with Gasteiger partial charge in [0.25, 0.3) is 0 Å². The van der Waals surface area contributed by atoms with E-state index in [0.29, 0.717) is 19.1 Å². The number of hydrogen-bond acceptors (Lipinski definition) is 3. The lowest BCUT2D eigenvalue weighted by atomic mass is 10.2. The summed E-state index contributed by atoms with van der Waals surface area (Å²) in [4.78, 5) is 8.59. The number of aryl methyl sites for hydroxylation is 2. The summed E-state index contributed by atoms with van der Waals surface area (Å²) in [6.07, 6.45) is 5.86. The zero-order chi connectivity index (χ0) is 16.5. The van der Waals surface area contributed by atoms with Crippen LogP contribution >= 0.6 is 0 Å². The Morgan fingerprint density at radius 2 is 2.17 bits per heavy atom. The molecule has 1 heterocycles. The van der Waals surface area contributed by atoms with Crippen molar-refractivity contribution in [2.45, 2.75) is 32.9 Å². The highest BCUT2D eigenvalue weighted by atomic mass is 16.5. The SMILES string of the molecule is COCc1ccccc1NC(N)=NCCCCn1ccnc1C. The summed E-state index contributed by atoms with van der Waals surface area (Å²) in [7, 11) is 1.68. The van der Waals surface area contributed by atoms with Gasteiger partial charge < -0.3 is 20.4 Å². The summed E-state index contributed by atoms with van der Waals surface area (Å²) in [5.74, 6) is 1.48. The summed E-state index contributed by atoms with van der Waals surface area (Å²) in [6, 6.07) is 7.91. The first-order chi connectivity index (χ1) is 11.2. The average molecular weight is 315 g/mol. The summed E-state index contributed by atoms with van der Waals surface area (Å²) in [5, 5.41) is 3.14. The molecule has 0 unspecified atom stereocenters. The molecule has 0 amide bonds. The minimum absolute atomic E-state index is 0.437. The van der Waals surface area contributed by atoms with E-state index < -0.39 is 0 Å². The minimum atomic E-state index is 0.437. The lowest BCUT2D eigenvalue weighted by Crippen LogP contribution is -2.23. The topological polar surface area (TPSA) is 77.5 Å². The van der Waals surface area contributed by atoms with Crippen molar-refractivity contribution in [3.8, 4) is 0 Å². The number of methoxy groups -OCH3 is 1. The summed E-state index contributed by atoms with van der Waals surface area (Å²) >= 11 is 0. The number of aromatic nitrogens is 2. The highest BCUT2D eigenvalue weighted by molar-refractivity contribution is 5.92. The Kier molecular flexibility index (Phi) is 6.62. The molecule has 0 saturated carbocycles. The third-order valence-corrected chi connectivity index (χ3v) is 3.59. The van der Waals surface area contributed by atoms with Crippen LogP contribution in [0.25, 0.3) is 0 Å². The fraction of sp³-hybridized carbons (Fsp3) is 0.412. The molecule has 0 aliphatic carbocycles. The fourth-order valence-corrected chi connectivity index (χ4v) is 2.33. The lowest BCUT2D eigenvalue weighted by Gasteiger charge is -2.10. The lowest BCUT2D eigenvalue weighted by molar-refractivity contribution is 0.185. The maximum absolute atomic E-state index is 5.95. The molecular weight excluding hydrogens is 290 g/mol. The number of unbranched alkanes of at least 4 members (excludes halogenated alkanes) is 1. The van der Waals surface area contributed by atoms with Crippen LogP contribution in [0.2, 0.25) is 0 Å². The molecule has 0 bridgehead atoms. The average Bonchev–Trinajstić information content (AvgIpc) is 2.94. The van der Waals surface area contributed by atoms with Crippen LogP contribution in [0.15, 0.2) is 41.7 Å². The second-order valence-corrected chi connectivity index (χ2v) is 5.36. The Morgan fingerprint density at radius 1 is 1.35 bits per heavy atom. The van der Waals surface area contributed by atoms with E-state index in [2.05, 4.69) is 19.9 Å². The molecule has 124 valence electrons. The highest BCUT2D eigenvalue weighted by Gasteiger charge is 2.02. The molecule has 2 rings (SSSR count). The van der Waals surface area contributed by atoms with E-state index in [4.69, 9.17) is 10.5 Å². The monoisotopic (exact) mass is 315 g/mol. The zero-order valence-electron chi connectivity index (χ0n) is 13.8. The van der Waals surface area contributed by atoms with Gasteiger partial charge in [0.2, 0.25) is 0 Å². The molecule has 0 aliphatic rings. The van der Waals surface area contributed by atoms with Gasteiger partial charge in [0.1, 0.15) is 5.82 Å². The maximum Gasteiger partial charge on any atom is 0.193 e. The van der Waals surface area contributed by atoms with Crippen LogP contribution in [0.4, 0.5) is 5.69 Å². The largest absolute Gasteiger partial charge is 0.380 e. The molecule has 2 aromatic rings. The predicted molar refractivity (Wildman–Crippen MR) is 93.5 cm³/mol. The van der Waals surface area contributed by atoms with E-state index >= 15 is 0 Å². The number of guanidine groups is 1. The summed E-state index contributed by atoms with van der Waals surface area (Å²) < 4.78 is 7.33. The summed E-state index contributed by atoms with van der Waals surface area (Å²) in [5.41, 5.74) is 7.95. The van der Waals surface area contributed by atoms with Gasteiger partial charge in [-0.25, -0.2) is 4.98 Å². The van der Waals surface area contributed by atoms with Crippen LogP contribution in [0, 0.1) is 6.92 Å². The number of hydrogen-bond donors (Lipinski definition) is 2. The quantitative estimate of drug-likeness (QED) is 0.446. The van der Waals surface area contributed by atoms with E-state index in [0.717, 1.165) is 36.5 Å². The first-order valence-corrected chi connectivity index (χ1v) is 7.82. The number of nitrogens with one attached hydrogen (secondary N) is 1. The standard InChI is InChI=1S/C17H25N5O/c1-14-19-10-12-22(14)11-6-5-9-20-17(18)21-16-8-4-3-7-15(16)13-23-2/h3-4,7-8,10,12H,5-6,9,11,13H2,1-2H3,(H3,18,20,21). The number of anilines is 1. The van der Waals surface area contributed by atoms with Crippen LogP contribution in [0.1, 0.15) is 24.2 Å². The predicted octanol–water partition coefficient (Wildman–Crippen LogP) is 2.54. The molecule has 0 fully saturated rings. The van der Waals surface area contributed by atoms with Crippen LogP contribution < -0.4 is 11.1 Å². The fourth-order valence-electron chi connectivity index (χ4n) is 2.33. The van der Waals surface area contributed by atoms with E-state index in [-0.39, 0.29) is 0 Å². The molecule has 0 atom stereocenters. The Bertz CT molecular complexity index is 635. The molecule has 6 heteroatoms. The number of para-hydroxylation sites is 1. The van der Waals surface area contributed by atoms with E-state index in [1.165, 1.54) is 0 Å². The maximum atomic E-state index is 5.95. The van der Waals surface area contributed by atoms with Crippen LogP contribution in [0.3, 0.4) is 0 Å². The third-order valence-electron chi connectivity index (χ3n) is 3.59. The number of imidazole rings is 1. The molecule has 23 heavy (non-hydrogen) atoms. The van der Waals surface area contributed by atoms with Gasteiger partial charge in [-0.1, -0.05) is 18.2 Å². The van der Waals surface area contributed by atoms with Gasteiger partial charge in [0.05, 0.1) is 6.61 Å². The number of nitrogens with two attached hydrogens (primary N) is 1. The van der Waals surface area contributed by atoms with Crippen molar-refractivity contribution >= 4 is 11.6 Å². The van der Waals surface area contributed by atoms with Crippen LogP contribution in [-0.2, 0) is 17.9 Å². The number of benzene rings is 1. The number of ether oxygens (including phenoxy) is 1. The van der Waals surface area contributed by atoms with E-state index in [9.17, 15) is 0 Å². The van der Waals surface area contributed by atoms with Gasteiger partial charge in [0.15, 0.2) is 5.96 Å². The highest BCUT2D eigenvalue weighted by Crippen LogP contribution is 2.15. The van der Waals surface area contributed by atoms with Crippen molar-refractivity contribution in [3.05, 3.63) is 48.0 Å². The molecule has 3 N–H and O–H groups in total. The second kappa shape index (κ2) is 8.95. The van der Waals surface area contributed by atoms with Crippen LogP contribution in [0.5, 0.6) is 0 Å². The molecule has 0 spiro atoms. The normalized spacial score (nSPS) is 11.7. The van der Waals surface area contributed by atoms with Gasteiger partial charge in [-0.05, 0) is 25.8 Å². The Hall–Kier alpha value is -2.34. The van der Waals surface area contributed by atoms with E-state index in [1.807, 2.05) is 43.6 Å². The molecule has 0 radical (unpaired) electrons.